The minimum absolute atomic E-state index is 0.00829. The number of amides is 1. The Morgan fingerprint density at radius 2 is 1.47 bits per heavy atom. The van der Waals surface area contributed by atoms with Gasteiger partial charge in [0.2, 0.25) is 5.91 Å². The molecule has 0 saturated carbocycles. The zero-order valence-corrected chi connectivity index (χ0v) is 25.8. The number of nitrogens with one attached hydrogen (secondary N) is 1. The molecule has 0 spiro atoms. The van der Waals surface area contributed by atoms with Crippen molar-refractivity contribution in [1.82, 2.24) is 20.3 Å². The lowest BCUT2D eigenvalue weighted by Gasteiger charge is -2.24. The minimum Gasteiger partial charge on any atom is -0.463 e. The molecule has 1 N–H and O–H groups in total. The number of para-hydroxylation sites is 1. The van der Waals surface area contributed by atoms with Crippen LogP contribution >= 0.6 is 0 Å². The zero-order chi connectivity index (χ0) is 31.2. The van der Waals surface area contributed by atoms with Crippen molar-refractivity contribution in [3.63, 3.8) is 0 Å². The highest BCUT2D eigenvalue weighted by atomic mass is 16.5. The molecule has 3 rings (SSSR count). The van der Waals surface area contributed by atoms with E-state index in [2.05, 4.69) is 15.6 Å². The third kappa shape index (κ3) is 10.4. The van der Waals surface area contributed by atoms with Gasteiger partial charge in [-0.3, -0.25) is 4.79 Å². The third-order valence-corrected chi connectivity index (χ3v) is 6.69. The maximum Gasteiger partial charge on any atom is 0.330 e. The van der Waals surface area contributed by atoms with Gasteiger partial charge in [-0.25, -0.2) is 14.3 Å². The van der Waals surface area contributed by atoms with Crippen molar-refractivity contribution < 1.29 is 23.9 Å². The van der Waals surface area contributed by atoms with Gasteiger partial charge in [0.1, 0.15) is 5.69 Å². The largest absolute Gasteiger partial charge is 0.463 e. The molecule has 0 fully saturated rings. The number of ether oxygens (including phenoxy) is 2. The van der Waals surface area contributed by atoms with E-state index in [1.54, 1.807) is 23.0 Å². The second-order valence-corrected chi connectivity index (χ2v) is 10.9. The summed E-state index contributed by atoms with van der Waals surface area (Å²) in [5.41, 5.74) is 3.54. The molecule has 2 aromatic carbocycles. The molecule has 9 nitrogen and oxygen atoms in total. The van der Waals surface area contributed by atoms with E-state index in [1.165, 1.54) is 12.2 Å². The number of aryl methyl sites for hydroxylation is 1. The van der Waals surface area contributed by atoms with Gasteiger partial charge in [0, 0.05) is 12.2 Å². The van der Waals surface area contributed by atoms with Crippen LogP contribution in [0, 0.1) is 6.92 Å². The van der Waals surface area contributed by atoms with Crippen molar-refractivity contribution >= 4 is 30.0 Å². The number of benzene rings is 2. The average molecular weight is 587 g/mol. The van der Waals surface area contributed by atoms with E-state index in [4.69, 9.17) is 9.47 Å². The van der Waals surface area contributed by atoms with Gasteiger partial charge in [0.05, 0.1) is 37.1 Å². The Balaban J connectivity index is 1.86. The Morgan fingerprint density at radius 3 is 2.00 bits per heavy atom. The van der Waals surface area contributed by atoms with Gasteiger partial charge in [-0.05, 0) is 80.2 Å². The average Bonchev–Trinajstić information content (AvgIpc) is 3.48. The van der Waals surface area contributed by atoms with Gasteiger partial charge < -0.3 is 14.8 Å². The molecule has 0 aliphatic carbocycles. The maximum atomic E-state index is 13.5. The summed E-state index contributed by atoms with van der Waals surface area (Å²) in [5.74, 6) is -1.17. The van der Waals surface area contributed by atoms with Crippen LogP contribution in [0.2, 0.25) is 0 Å². The van der Waals surface area contributed by atoms with Crippen molar-refractivity contribution in [3.8, 4) is 5.69 Å². The Morgan fingerprint density at radius 1 is 0.907 bits per heavy atom. The molecule has 1 aromatic heterocycles. The smallest absolute Gasteiger partial charge is 0.330 e. The SMILES string of the molecule is CCCCOC(=O)/C=C/c1cc(C)cc(/C=C/C(=O)OCCCC)c1CC(=O)NC(C)(C)c1cn(-c2ccccc2)nn1. The van der Waals surface area contributed by atoms with Crippen molar-refractivity contribution in [1.29, 1.82) is 0 Å². The van der Waals surface area contributed by atoms with E-state index in [-0.39, 0.29) is 12.3 Å². The molecule has 0 bridgehead atoms. The number of hydrogen-bond donors (Lipinski definition) is 1. The van der Waals surface area contributed by atoms with Gasteiger partial charge >= 0.3 is 11.9 Å². The van der Waals surface area contributed by atoms with Gasteiger partial charge in [0.25, 0.3) is 0 Å². The number of nitrogens with zero attached hydrogens (tertiary/aromatic N) is 3. The Kier molecular flexibility index (Phi) is 12.4. The summed E-state index contributed by atoms with van der Waals surface area (Å²) >= 11 is 0. The van der Waals surface area contributed by atoms with Crippen molar-refractivity contribution in [2.24, 2.45) is 0 Å². The monoisotopic (exact) mass is 586 g/mol. The summed E-state index contributed by atoms with van der Waals surface area (Å²) in [6.07, 6.45) is 11.2. The maximum absolute atomic E-state index is 13.5. The topological polar surface area (TPSA) is 112 Å². The van der Waals surface area contributed by atoms with Gasteiger partial charge in [-0.15, -0.1) is 5.10 Å². The first-order valence-corrected chi connectivity index (χ1v) is 14.8. The lowest BCUT2D eigenvalue weighted by Crippen LogP contribution is -2.42. The quantitative estimate of drug-likeness (QED) is 0.134. The number of rotatable bonds is 15. The molecule has 9 heteroatoms. The Hall–Kier alpha value is -4.53. The highest BCUT2D eigenvalue weighted by Crippen LogP contribution is 2.24. The van der Waals surface area contributed by atoms with E-state index in [9.17, 15) is 14.4 Å². The van der Waals surface area contributed by atoms with Gasteiger partial charge in [0.15, 0.2) is 0 Å². The van der Waals surface area contributed by atoms with Gasteiger partial charge in [-0.2, -0.15) is 0 Å². The first kappa shape index (κ1) is 33.0. The second-order valence-electron chi connectivity index (χ2n) is 10.9. The molecular weight excluding hydrogens is 544 g/mol. The van der Waals surface area contributed by atoms with Gasteiger partial charge in [-0.1, -0.05) is 62.2 Å². The highest BCUT2D eigenvalue weighted by molar-refractivity contribution is 5.91. The first-order chi connectivity index (χ1) is 20.6. The van der Waals surface area contributed by atoms with Crippen LogP contribution in [0.15, 0.2) is 60.8 Å². The predicted molar refractivity (Wildman–Crippen MR) is 167 cm³/mol. The summed E-state index contributed by atoms with van der Waals surface area (Å²) in [6, 6.07) is 13.4. The molecule has 0 saturated heterocycles. The summed E-state index contributed by atoms with van der Waals surface area (Å²) in [5, 5.41) is 11.6. The number of aromatic nitrogens is 3. The van der Waals surface area contributed by atoms with E-state index in [1.807, 2.05) is 77.1 Å². The van der Waals surface area contributed by atoms with Crippen LogP contribution in [0.25, 0.3) is 17.8 Å². The Bertz CT molecular complexity index is 1390. The van der Waals surface area contributed by atoms with E-state index in [0.717, 1.165) is 36.9 Å². The lowest BCUT2D eigenvalue weighted by atomic mass is 9.93. The standard InChI is InChI=1S/C34H42N4O5/c1-6-8-19-42-32(40)17-15-26-21-25(3)22-27(16-18-33(41)43-20-9-7-2)29(26)23-31(39)35-34(4,5)30-24-38(37-36-30)28-13-11-10-12-14-28/h10-18,21-22,24H,6-9,19-20,23H2,1-5H3,(H,35,39)/b17-15+,18-16+. The molecule has 1 heterocycles. The third-order valence-electron chi connectivity index (χ3n) is 6.69. The van der Waals surface area contributed by atoms with E-state index < -0.39 is 17.5 Å². The first-order valence-electron chi connectivity index (χ1n) is 14.8. The van der Waals surface area contributed by atoms with E-state index in [0.29, 0.717) is 35.6 Å². The summed E-state index contributed by atoms with van der Waals surface area (Å²) in [4.78, 5) is 38.1. The van der Waals surface area contributed by atoms with Crippen LogP contribution in [0.5, 0.6) is 0 Å². The van der Waals surface area contributed by atoms with Crippen molar-refractivity contribution in [2.75, 3.05) is 13.2 Å². The van der Waals surface area contributed by atoms with Crippen LogP contribution in [-0.2, 0) is 35.8 Å². The van der Waals surface area contributed by atoms with Crippen molar-refractivity contribution in [2.45, 2.75) is 72.3 Å². The Labute approximate surface area is 254 Å². The minimum atomic E-state index is -0.826. The number of hydrogen-bond acceptors (Lipinski definition) is 7. The van der Waals surface area contributed by atoms with Crippen LogP contribution in [-0.4, -0.2) is 46.1 Å². The fourth-order valence-corrected chi connectivity index (χ4v) is 4.30. The summed E-state index contributed by atoms with van der Waals surface area (Å²) in [6.45, 7) is 10.4. The molecule has 228 valence electrons. The molecule has 0 aliphatic heterocycles. The molecule has 0 radical (unpaired) electrons. The second kappa shape index (κ2) is 16.2. The van der Waals surface area contributed by atoms with Crippen molar-refractivity contribution in [3.05, 3.63) is 88.8 Å². The molecule has 0 unspecified atom stereocenters. The van der Waals surface area contributed by atoms with Crippen LogP contribution in [0.3, 0.4) is 0 Å². The fraction of sp³-hybridized carbons (Fsp3) is 0.382. The summed E-state index contributed by atoms with van der Waals surface area (Å²) < 4.78 is 12.2. The fourth-order valence-electron chi connectivity index (χ4n) is 4.30. The predicted octanol–water partition coefficient (Wildman–Crippen LogP) is 5.88. The number of unbranched alkanes of at least 4 members (excludes halogenated alkanes) is 2. The number of esters is 2. The van der Waals surface area contributed by atoms with Crippen LogP contribution in [0.4, 0.5) is 0 Å². The van der Waals surface area contributed by atoms with E-state index >= 15 is 0 Å². The normalized spacial score (nSPS) is 11.7. The molecule has 0 atom stereocenters. The molecular formula is C34H42N4O5. The zero-order valence-electron chi connectivity index (χ0n) is 25.8. The van der Waals surface area contributed by atoms with Crippen LogP contribution < -0.4 is 5.32 Å². The van der Waals surface area contributed by atoms with Crippen LogP contribution in [0.1, 0.15) is 81.3 Å². The highest BCUT2D eigenvalue weighted by Gasteiger charge is 2.27. The lowest BCUT2D eigenvalue weighted by molar-refractivity contribution is -0.138. The molecule has 43 heavy (non-hydrogen) atoms. The molecule has 1 amide bonds. The summed E-state index contributed by atoms with van der Waals surface area (Å²) in [7, 11) is 0. The molecule has 0 aliphatic rings. The molecule has 3 aromatic rings. The number of carbonyl (C=O) groups excluding carboxylic acids is 3. The number of carbonyl (C=O) groups is 3.